The highest BCUT2D eigenvalue weighted by molar-refractivity contribution is 5.81. The van der Waals surface area contributed by atoms with Gasteiger partial charge in [-0.1, -0.05) is 13.3 Å². The number of hydrogen-bond donors (Lipinski definition) is 1. The first kappa shape index (κ1) is 18.0. The zero-order valence-electron chi connectivity index (χ0n) is 13.9. The molecule has 1 rings (SSSR count). The molecule has 0 saturated carbocycles. The van der Waals surface area contributed by atoms with Crippen molar-refractivity contribution in [2.75, 3.05) is 19.7 Å². The number of carbonyl (C=O) groups is 2. The number of esters is 1. The normalized spacial score (nSPS) is 22.4. The molecule has 1 amide bonds. The van der Waals surface area contributed by atoms with E-state index in [0.717, 1.165) is 32.2 Å². The molecule has 5 heteroatoms. The molecular weight excluding hydrogens is 268 g/mol. The summed E-state index contributed by atoms with van der Waals surface area (Å²) >= 11 is 0. The fraction of sp³-hybridized carbons (Fsp3) is 0.875. The van der Waals surface area contributed by atoms with Gasteiger partial charge in [0.15, 0.2) is 0 Å². The summed E-state index contributed by atoms with van der Waals surface area (Å²) in [6, 6.07) is 0.0112. The quantitative estimate of drug-likeness (QED) is 0.730. The largest absolute Gasteiger partial charge is 0.466 e. The number of nitrogens with zero attached hydrogens (tertiary/aromatic N) is 1. The average molecular weight is 298 g/mol. The molecule has 2 unspecified atom stereocenters. The summed E-state index contributed by atoms with van der Waals surface area (Å²) in [5.41, 5.74) is 0. The Hall–Kier alpha value is -1.10. The van der Waals surface area contributed by atoms with Crippen LogP contribution in [0.15, 0.2) is 0 Å². The van der Waals surface area contributed by atoms with Crippen LogP contribution in [0, 0.1) is 5.92 Å². The number of likely N-dealkylation sites (tertiary alicyclic amines) is 1. The third-order valence-corrected chi connectivity index (χ3v) is 4.11. The first-order chi connectivity index (χ1) is 9.99. The first-order valence-electron chi connectivity index (χ1n) is 8.20. The summed E-state index contributed by atoms with van der Waals surface area (Å²) in [6.45, 7) is 9.79. The highest BCUT2D eigenvalue weighted by atomic mass is 16.5. The first-order valence-corrected chi connectivity index (χ1v) is 8.20. The van der Waals surface area contributed by atoms with Crippen LogP contribution in [-0.4, -0.2) is 48.6 Å². The topological polar surface area (TPSA) is 58.6 Å². The minimum absolute atomic E-state index is 0.0560. The van der Waals surface area contributed by atoms with Crippen LogP contribution in [0.5, 0.6) is 0 Å². The van der Waals surface area contributed by atoms with Crippen LogP contribution in [-0.2, 0) is 14.3 Å². The van der Waals surface area contributed by atoms with Crippen molar-refractivity contribution < 1.29 is 14.3 Å². The van der Waals surface area contributed by atoms with Crippen molar-refractivity contribution in [3.63, 3.8) is 0 Å². The fourth-order valence-corrected chi connectivity index (χ4v) is 2.85. The zero-order chi connectivity index (χ0) is 15.8. The van der Waals surface area contributed by atoms with Gasteiger partial charge >= 0.3 is 5.97 Å². The number of piperidine rings is 1. The second kappa shape index (κ2) is 9.03. The molecule has 1 N–H and O–H groups in total. The smallest absolute Gasteiger partial charge is 0.310 e. The minimum Gasteiger partial charge on any atom is -0.466 e. The zero-order valence-corrected chi connectivity index (χ0v) is 13.9. The van der Waals surface area contributed by atoms with Gasteiger partial charge in [0.2, 0.25) is 5.91 Å². The third-order valence-electron chi connectivity index (χ3n) is 4.11. The molecule has 0 aromatic rings. The number of ether oxygens (including phenoxy) is 1. The molecule has 1 aliphatic heterocycles. The highest BCUT2D eigenvalue weighted by Gasteiger charge is 2.31. The van der Waals surface area contributed by atoms with E-state index in [4.69, 9.17) is 4.74 Å². The van der Waals surface area contributed by atoms with Gasteiger partial charge in [-0.3, -0.25) is 14.5 Å². The van der Waals surface area contributed by atoms with Gasteiger partial charge < -0.3 is 10.1 Å². The second-order valence-electron chi connectivity index (χ2n) is 5.96. The van der Waals surface area contributed by atoms with Crippen LogP contribution in [0.1, 0.15) is 53.4 Å². The monoisotopic (exact) mass is 298 g/mol. The molecule has 0 spiro atoms. The van der Waals surface area contributed by atoms with E-state index in [1.165, 1.54) is 0 Å². The molecule has 0 aromatic carbocycles. The number of hydrogen-bond acceptors (Lipinski definition) is 4. The van der Waals surface area contributed by atoms with Crippen LogP contribution in [0.3, 0.4) is 0 Å². The molecule has 21 heavy (non-hydrogen) atoms. The number of rotatable bonds is 7. The lowest BCUT2D eigenvalue weighted by atomic mass is 9.97. The molecule has 1 heterocycles. The maximum absolute atomic E-state index is 12.3. The molecule has 1 aliphatic rings. The molecule has 0 bridgehead atoms. The Bertz CT molecular complexity index is 346. The predicted octanol–water partition coefficient (Wildman–Crippen LogP) is 1.95. The van der Waals surface area contributed by atoms with Crippen molar-refractivity contribution in [2.24, 2.45) is 5.92 Å². The number of amides is 1. The van der Waals surface area contributed by atoms with Gasteiger partial charge in [0, 0.05) is 12.6 Å². The maximum Gasteiger partial charge on any atom is 0.310 e. The Labute approximate surface area is 128 Å². The van der Waals surface area contributed by atoms with E-state index in [0.29, 0.717) is 13.2 Å². The van der Waals surface area contributed by atoms with E-state index < -0.39 is 0 Å². The summed E-state index contributed by atoms with van der Waals surface area (Å²) in [5, 5.41) is 3.05. The van der Waals surface area contributed by atoms with Crippen molar-refractivity contribution in [3.8, 4) is 0 Å². The van der Waals surface area contributed by atoms with Gasteiger partial charge in [-0.05, 0) is 46.6 Å². The van der Waals surface area contributed by atoms with Crippen LogP contribution in [0.2, 0.25) is 0 Å². The Morgan fingerprint density at radius 3 is 2.67 bits per heavy atom. The van der Waals surface area contributed by atoms with Crippen molar-refractivity contribution in [1.29, 1.82) is 0 Å². The lowest BCUT2D eigenvalue weighted by Crippen LogP contribution is -2.51. The minimum atomic E-state index is -0.193. The second-order valence-corrected chi connectivity index (χ2v) is 5.96. The average Bonchev–Trinajstić information content (AvgIpc) is 2.47. The maximum atomic E-state index is 12.3. The van der Waals surface area contributed by atoms with Crippen LogP contribution >= 0.6 is 0 Å². The van der Waals surface area contributed by atoms with Crippen LogP contribution in [0.25, 0.3) is 0 Å². The van der Waals surface area contributed by atoms with Gasteiger partial charge in [-0.25, -0.2) is 0 Å². The van der Waals surface area contributed by atoms with Crippen LogP contribution < -0.4 is 5.32 Å². The SMILES string of the molecule is CCCC(C)NC(=O)C(C)N1CCC[C@@H](C(=O)OCC)C1. The molecule has 1 saturated heterocycles. The van der Waals surface area contributed by atoms with E-state index in [9.17, 15) is 9.59 Å². The summed E-state index contributed by atoms with van der Waals surface area (Å²) in [6.07, 6.45) is 3.84. The van der Waals surface area contributed by atoms with Crippen molar-refractivity contribution in [2.45, 2.75) is 65.5 Å². The lowest BCUT2D eigenvalue weighted by molar-refractivity contribution is -0.151. The Morgan fingerprint density at radius 2 is 2.05 bits per heavy atom. The van der Waals surface area contributed by atoms with Crippen molar-refractivity contribution in [3.05, 3.63) is 0 Å². The summed E-state index contributed by atoms with van der Waals surface area (Å²) < 4.78 is 5.10. The van der Waals surface area contributed by atoms with Gasteiger partial charge in [-0.2, -0.15) is 0 Å². The van der Waals surface area contributed by atoms with Gasteiger partial charge in [0.25, 0.3) is 0 Å². The Kier molecular flexibility index (Phi) is 7.72. The van der Waals surface area contributed by atoms with E-state index in [1.54, 1.807) is 0 Å². The van der Waals surface area contributed by atoms with Gasteiger partial charge in [0.1, 0.15) is 0 Å². The highest BCUT2D eigenvalue weighted by Crippen LogP contribution is 2.20. The van der Waals surface area contributed by atoms with E-state index >= 15 is 0 Å². The molecule has 0 aromatic heterocycles. The van der Waals surface area contributed by atoms with Crippen molar-refractivity contribution >= 4 is 11.9 Å². The fourth-order valence-electron chi connectivity index (χ4n) is 2.85. The number of nitrogens with one attached hydrogen (secondary N) is 1. The third kappa shape index (κ3) is 5.65. The Balaban J connectivity index is 2.51. The summed E-state index contributed by atoms with van der Waals surface area (Å²) in [5.74, 6) is -0.170. The molecule has 0 radical (unpaired) electrons. The van der Waals surface area contributed by atoms with Gasteiger partial charge in [0.05, 0.1) is 18.6 Å². The molecule has 1 fully saturated rings. The van der Waals surface area contributed by atoms with Crippen molar-refractivity contribution in [1.82, 2.24) is 10.2 Å². The molecule has 5 nitrogen and oxygen atoms in total. The molecule has 122 valence electrons. The lowest BCUT2D eigenvalue weighted by Gasteiger charge is -2.35. The van der Waals surface area contributed by atoms with Crippen LogP contribution in [0.4, 0.5) is 0 Å². The van der Waals surface area contributed by atoms with Gasteiger partial charge in [-0.15, -0.1) is 0 Å². The molecule has 0 aliphatic carbocycles. The van der Waals surface area contributed by atoms with E-state index in [-0.39, 0.29) is 29.9 Å². The Morgan fingerprint density at radius 1 is 1.33 bits per heavy atom. The summed E-state index contributed by atoms with van der Waals surface area (Å²) in [7, 11) is 0. The predicted molar refractivity (Wildman–Crippen MR) is 82.9 cm³/mol. The molecule has 3 atom stereocenters. The van der Waals surface area contributed by atoms with E-state index in [2.05, 4.69) is 17.1 Å². The molecular formula is C16H30N2O3. The van der Waals surface area contributed by atoms with E-state index in [1.807, 2.05) is 20.8 Å². The standard InChI is InChI=1S/C16H30N2O3/c1-5-8-12(3)17-15(19)13(4)18-10-7-9-14(11-18)16(20)21-6-2/h12-14H,5-11H2,1-4H3,(H,17,19)/t12?,13?,14-/m1/s1. The number of carbonyl (C=O) groups excluding carboxylic acids is 2. The summed E-state index contributed by atoms with van der Waals surface area (Å²) in [4.78, 5) is 26.2.